The molecule has 1 aliphatic heterocycles. The lowest BCUT2D eigenvalue weighted by atomic mass is 9.90. The monoisotopic (exact) mass is 429 g/mol. The van der Waals surface area contributed by atoms with Crippen molar-refractivity contribution in [2.24, 2.45) is 11.3 Å². The van der Waals surface area contributed by atoms with Crippen LogP contribution in [0.15, 0.2) is 71.5 Å². The zero-order chi connectivity index (χ0) is 22.0. The van der Waals surface area contributed by atoms with Crippen LogP contribution in [0.3, 0.4) is 0 Å². The van der Waals surface area contributed by atoms with E-state index in [4.69, 9.17) is 4.42 Å². The number of carbonyl (C=O) groups is 2. The van der Waals surface area contributed by atoms with Crippen LogP contribution in [0.25, 0.3) is 11.3 Å². The molecule has 6 nitrogen and oxygen atoms in total. The molecule has 2 aliphatic rings. The topological polar surface area (TPSA) is 75.4 Å². The van der Waals surface area contributed by atoms with Gasteiger partial charge >= 0.3 is 0 Å². The van der Waals surface area contributed by atoms with Gasteiger partial charge < -0.3 is 14.6 Å². The third-order valence-corrected chi connectivity index (χ3v) is 6.87. The molecule has 1 unspecified atom stereocenters. The van der Waals surface area contributed by atoms with Crippen LogP contribution in [-0.4, -0.2) is 41.3 Å². The number of benzene rings is 1. The van der Waals surface area contributed by atoms with E-state index in [1.807, 2.05) is 59.5 Å². The van der Waals surface area contributed by atoms with E-state index in [0.29, 0.717) is 25.2 Å². The Balaban J connectivity index is 1.13. The molecule has 3 heterocycles. The highest BCUT2D eigenvalue weighted by Crippen LogP contribution is 2.59. The summed E-state index contributed by atoms with van der Waals surface area (Å²) in [5.74, 6) is 1.02. The van der Waals surface area contributed by atoms with E-state index in [-0.39, 0.29) is 23.1 Å². The molecular formula is C26H27N3O3. The van der Waals surface area contributed by atoms with Gasteiger partial charge in [0.05, 0.1) is 6.26 Å². The van der Waals surface area contributed by atoms with Gasteiger partial charge in [-0.3, -0.25) is 14.6 Å². The van der Waals surface area contributed by atoms with Crippen LogP contribution in [0.2, 0.25) is 0 Å². The molecule has 2 fully saturated rings. The van der Waals surface area contributed by atoms with E-state index in [0.717, 1.165) is 42.7 Å². The summed E-state index contributed by atoms with van der Waals surface area (Å²) in [6.07, 6.45) is 6.85. The van der Waals surface area contributed by atoms with Crippen LogP contribution in [0.5, 0.6) is 0 Å². The fourth-order valence-corrected chi connectivity index (χ4v) is 4.84. The smallest absolute Gasteiger partial charge is 0.253 e. The fraction of sp³-hybridized carbons (Fsp3) is 0.346. The molecule has 1 saturated heterocycles. The molecule has 0 bridgehead atoms. The molecule has 1 spiro atoms. The summed E-state index contributed by atoms with van der Waals surface area (Å²) in [5.41, 5.74) is 2.64. The van der Waals surface area contributed by atoms with Gasteiger partial charge in [-0.15, -0.1) is 0 Å². The molecule has 1 N–H and O–H groups in total. The van der Waals surface area contributed by atoms with Crippen molar-refractivity contribution in [2.45, 2.75) is 25.7 Å². The first-order valence-electron chi connectivity index (χ1n) is 11.3. The Morgan fingerprint density at radius 3 is 2.72 bits per heavy atom. The predicted molar refractivity (Wildman–Crippen MR) is 121 cm³/mol. The van der Waals surface area contributed by atoms with Crippen molar-refractivity contribution in [1.29, 1.82) is 0 Å². The minimum Gasteiger partial charge on any atom is -0.464 e. The van der Waals surface area contributed by atoms with E-state index < -0.39 is 0 Å². The summed E-state index contributed by atoms with van der Waals surface area (Å²) in [6.45, 7) is 2.00. The van der Waals surface area contributed by atoms with Gasteiger partial charge in [-0.2, -0.15) is 0 Å². The standard InChI is InChI=1S/C26H27N3O3/c30-24(28-13-9-21-7-1-2-12-27-21)22-18-26(22)10-14-29(15-11-26)25(31)20-6-3-5-19(17-20)23-8-4-16-32-23/h1-8,12,16-17,22H,9-11,13-15,18H2,(H,28,30). The van der Waals surface area contributed by atoms with Crippen molar-refractivity contribution < 1.29 is 14.0 Å². The second-order valence-electron chi connectivity index (χ2n) is 8.83. The number of furan rings is 1. The van der Waals surface area contributed by atoms with Gasteiger partial charge in [0.2, 0.25) is 5.91 Å². The molecule has 6 heteroatoms. The Bertz CT molecular complexity index is 1090. The second-order valence-corrected chi connectivity index (χ2v) is 8.83. The van der Waals surface area contributed by atoms with Gasteiger partial charge in [-0.25, -0.2) is 0 Å². The molecule has 0 radical (unpaired) electrons. The summed E-state index contributed by atoms with van der Waals surface area (Å²) in [7, 11) is 0. The zero-order valence-electron chi connectivity index (χ0n) is 18.0. The number of hydrogen-bond acceptors (Lipinski definition) is 4. The van der Waals surface area contributed by atoms with Crippen molar-refractivity contribution in [2.75, 3.05) is 19.6 Å². The molecular weight excluding hydrogens is 402 g/mol. The van der Waals surface area contributed by atoms with E-state index in [1.54, 1.807) is 12.5 Å². The number of likely N-dealkylation sites (tertiary alicyclic amines) is 1. The van der Waals surface area contributed by atoms with Gasteiger partial charge in [0.25, 0.3) is 5.91 Å². The number of pyridine rings is 1. The highest BCUT2D eigenvalue weighted by atomic mass is 16.3. The van der Waals surface area contributed by atoms with Crippen LogP contribution in [-0.2, 0) is 11.2 Å². The van der Waals surface area contributed by atoms with Gasteiger partial charge in [0, 0.05) is 55.0 Å². The first kappa shape index (κ1) is 20.5. The quantitative estimate of drug-likeness (QED) is 0.644. The number of carbonyl (C=O) groups excluding carboxylic acids is 2. The first-order chi connectivity index (χ1) is 15.6. The van der Waals surface area contributed by atoms with Crippen molar-refractivity contribution in [3.8, 4) is 11.3 Å². The van der Waals surface area contributed by atoms with Gasteiger partial charge in [0.15, 0.2) is 0 Å². The Labute approximate surface area is 187 Å². The zero-order valence-corrected chi connectivity index (χ0v) is 18.0. The SMILES string of the molecule is O=C(NCCc1ccccn1)C1CC12CCN(C(=O)c1cccc(-c3ccco3)c1)CC2. The van der Waals surface area contributed by atoms with Crippen LogP contribution >= 0.6 is 0 Å². The van der Waals surface area contributed by atoms with E-state index in [9.17, 15) is 9.59 Å². The number of piperidine rings is 1. The van der Waals surface area contributed by atoms with Gasteiger partial charge in [0.1, 0.15) is 5.76 Å². The van der Waals surface area contributed by atoms with Crippen molar-refractivity contribution in [3.63, 3.8) is 0 Å². The molecule has 2 aromatic heterocycles. The summed E-state index contributed by atoms with van der Waals surface area (Å²) in [6, 6.07) is 17.1. The lowest BCUT2D eigenvalue weighted by Crippen LogP contribution is -2.40. The number of rotatable bonds is 6. The summed E-state index contributed by atoms with van der Waals surface area (Å²) in [5, 5.41) is 3.08. The van der Waals surface area contributed by atoms with Crippen molar-refractivity contribution >= 4 is 11.8 Å². The molecule has 1 aliphatic carbocycles. The van der Waals surface area contributed by atoms with Gasteiger partial charge in [-0.1, -0.05) is 18.2 Å². The highest BCUT2D eigenvalue weighted by Gasteiger charge is 2.58. The summed E-state index contributed by atoms with van der Waals surface area (Å²) in [4.78, 5) is 31.9. The van der Waals surface area contributed by atoms with E-state index in [1.165, 1.54) is 0 Å². The third kappa shape index (κ3) is 4.17. The Hall–Kier alpha value is -3.41. The number of amides is 2. The Kier molecular flexibility index (Phi) is 5.52. The summed E-state index contributed by atoms with van der Waals surface area (Å²) < 4.78 is 5.46. The van der Waals surface area contributed by atoms with E-state index in [2.05, 4.69) is 10.3 Å². The molecule has 2 amide bonds. The molecule has 32 heavy (non-hydrogen) atoms. The fourth-order valence-electron chi connectivity index (χ4n) is 4.84. The molecule has 1 atom stereocenters. The second kappa shape index (κ2) is 8.61. The third-order valence-electron chi connectivity index (χ3n) is 6.87. The molecule has 5 rings (SSSR count). The maximum absolute atomic E-state index is 13.1. The van der Waals surface area contributed by atoms with Crippen molar-refractivity contribution in [1.82, 2.24) is 15.2 Å². The number of nitrogens with one attached hydrogen (secondary N) is 1. The molecule has 1 aromatic carbocycles. The average Bonchev–Trinajstić information content (AvgIpc) is 3.26. The molecule has 164 valence electrons. The lowest BCUT2D eigenvalue weighted by Gasteiger charge is -2.33. The number of nitrogens with zero attached hydrogens (tertiary/aromatic N) is 2. The maximum atomic E-state index is 13.1. The number of aromatic nitrogens is 1. The minimum absolute atomic E-state index is 0.0465. The Morgan fingerprint density at radius 2 is 1.97 bits per heavy atom. The largest absolute Gasteiger partial charge is 0.464 e. The predicted octanol–water partition coefficient (Wildman–Crippen LogP) is 3.94. The van der Waals surface area contributed by atoms with Crippen molar-refractivity contribution in [3.05, 3.63) is 78.3 Å². The maximum Gasteiger partial charge on any atom is 0.253 e. The number of hydrogen-bond donors (Lipinski definition) is 1. The molecule has 1 saturated carbocycles. The Morgan fingerprint density at radius 1 is 1.09 bits per heavy atom. The average molecular weight is 430 g/mol. The molecule has 3 aromatic rings. The minimum atomic E-state index is 0.0465. The summed E-state index contributed by atoms with van der Waals surface area (Å²) >= 11 is 0. The van der Waals surface area contributed by atoms with Crippen LogP contribution in [0.4, 0.5) is 0 Å². The van der Waals surface area contributed by atoms with E-state index >= 15 is 0 Å². The normalized spacial score (nSPS) is 19.0. The van der Waals surface area contributed by atoms with Crippen LogP contribution < -0.4 is 5.32 Å². The highest BCUT2D eigenvalue weighted by molar-refractivity contribution is 5.95. The van der Waals surface area contributed by atoms with Crippen LogP contribution in [0.1, 0.15) is 35.3 Å². The first-order valence-corrected chi connectivity index (χ1v) is 11.3. The lowest BCUT2D eigenvalue weighted by molar-refractivity contribution is -0.123. The van der Waals surface area contributed by atoms with Gasteiger partial charge in [-0.05, 0) is 61.1 Å². The van der Waals surface area contributed by atoms with Crippen LogP contribution in [0, 0.1) is 11.3 Å².